The second-order valence-corrected chi connectivity index (χ2v) is 8.37. The number of hydrogen-bond acceptors (Lipinski definition) is 4. The molecule has 0 aromatic heterocycles. The van der Waals surface area contributed by atoms with Gasteiger partial charge in [-0.2, -0.15) is 0 Å². The lowest BCUT2D eigenvalue weighted by atomic mass is 9.95. The molecule has 0 radical (unpaired) electrons. The van der Waals surface area contributed by atoms with Gasteiger partial charge in [0.15, 0.2) is 0 Å². The number of nitrogens with one attached hydrogen (secondary N) is 1. The quantitative estimate of drug-likeness (QED) is 0.775. The van der Waals surface area contributed by atoms with Crippen LogP contribution in [0.15, 0.2) is 29.2 Å². The minimum Gasteiger partial charge on any atom is -0.388 e. The van der Waals surface area contributed by atoms with Crippen molar-refractivity contribution in [3.63, 3.8) is 0 Å². The Morgan fingerprint density at radius 1 is 1.15 bits per heavy atom. The number of rotatable bonds is 5. The van der Waals surface area contributed by atoms with Crippen molar-refractivity contribution in [2.24, 2.45) is 0 Å². The van der Waals surface area contributed by atoms with E-state index in [2.05, 4.69) is 40.7 Å². The first-order valence-electron chi connectivity index (χ1n) is 9.69. The van der Waals surface area contributed by atoms with E-state index in [1.165, 1.54) is 10.5 Å². The molecule has 1 aromatic rings. The monoisotopic (exact) mass is 377 g/mol. The molecule has 0 bridgehead atoms. The minimum absolute atomic E-state index is 0.0223. The highest BCUT2D eigenvalue weighted by molar-refractivity contribution is 7.98. The predicted molar refractivity (Wildman–Crippen MR) is 107 cm³/mol. The largest absolute Gasteiger partial charge is 0.388 e. The van der Waals surface area contributed by atoms with Crippen molar-refractivity contribution in [2.45, 2.75) is 49.1 Å². The molecule has 2 heterocycles. The van der Waals surface area contributed by atoms with Crippen LogP contribution in [0, 0.1) is 0 Å². The molecular weight excluding hydrogens is 346 g/mol. The number of amides is 2. The normalized spacial score (nSPS) is 24.5. The first-order chi connectivity index (χ1) is 12.6. The van der Waals surface area contributed by atoms with Crippen LogP contribution in [0.25, 0.3) is 0 Å². The van der Waals surface area contributed by atoms with Crippen molar-refractivity contribution in [3.05, 3.63) is 29.8 Å². The number of hydrogen-bond donors (Lipinski definition) is 2. The molecule has 2 aliphatic heterocycles. The molecule has 1 unspecified atom stereocenters. The summed E-state index contributed by atoms with van der Waals surface area (Å²) in [6.45, 7) is 4.81. The molecule has 2 aliphatic rings. The van der Waals surface area contributed by atoms with Crippen LogP contribution >= 0.6 is 11.8 Å². The maximum absolute atomic E-state index is 12.2. The topological polar surface area (TPSA) is 55.8 Å². The van der Waals surface area contributed by atoms with Gasteiger partial charge in [0.05, 0.1) is 5.60 Å². The van der Waals surface area contributed by atoms with E-state index in [4.69, 9.17) is 0 Å². The zero-order valence-electron chi connectivity index (χ0n) is 15.7. The summed E-state index contributed by atoms with van der Waals surface area (Å²) < 4.78 is 0. The second-order valence-electron chi connectivity index (χ2n) is 7.52. The van der Waals surface area contributed by atoms with Crippen LogP contribution in [0.1, 0.15) is 37.7 Å². The molecule has 3 rings (SSSR count). The molecule has 1 aromatic carbocycles. The molecule has 0 saturated carbocycles. The minimum atomic E-state index is -0.789. The van der Waals surface area contributed by atoms with Gasteiger partial charge in [-0.15, -0.1) is 11.8 Å². The molecule has 2 saturated heterocycles. The first-order valence-corrected chi connectivity index (χ1v) is 10.9. The van der Waals surface area contributed by atoms with Crippen LogP contribution in [-0.2, 0) is 6.54 Å². The summed E-state index contributed by atoms with van der Waals surface area (Å²) in [5, 5.41) is 13.9. The number of thioether (sulfide) groups is 1. The predicted octanol–water partition coefficient (Wildman–Crippen LogP) is 2.93. The molecule has 5 nitrogen and oxygen atoms in total. The Morgan fingerprint density at radius 2 is 1.92 bits per heavy atom. The maximum atomic E-state index is 12.2. The van der Waals surface area contributed by atoms with Crippen LogP contribution in [0.5, 0.6) is 0 Å². The van der Waals surface area contributed by atoms with E-state index in [1.807, 2.05) is 4.90 Å². The van der Waals surface area contributed by atoms with Gasteiger partial charge in [0, 0.05) is 37.6 Å². The summed E-state index contributed by atoms with van der Waals surface area (Å²) >= 11 is 1.78. The van der Waals surface area contributed by atoms with Gasteiger partial charge < -0.3 is 15.3 Å². The molecule has 6 heteroatoms. The van der Waals surface area contributed by atoms with Crippen molar-refractivity contribution >= 4 is 17.8 Å². The highest BCUT2D eigenvalue weighted by atomic mass is 32.2. The summed E-state index contributed by atoms with van der Waals surface area (Å²) in [5.41, 5.74) is 0.566. The number of benzene rings is 1. The molecule has 0 aliphatic carbocycles. The second kappa shape index (κ2) is 9.11. The number of likely N-dealkylation sites (tertiary alicyclic amines) is 2. The maximum Gasteiger partial charge on any atom is 0.317 e. The van der Waals surface area contributed by atoms with Crippen LogP contribution in [0.2, 0.25) is 0 Å². The van der Waals surface area contributed by atoms with Gasteiger partial charge in [0.25, 0.3) is 0 Å². The molecule has 144 valence electrons. The van der Waals surface area contributed by atoms with E-state index in [1.54, 1.807) is 11.8 Å². The van der Waals surface area contributed by atoms with Crippen molar-refractivity contribution in [1.82, 2.24) is 15.1 Å². The smallest absolute Gasteiger partial charge is 0.317 e. The Bertz CT molecular complexity index is 606. The van der Waals surface area contributed by atoms with Gasteiger partial charge in [0.2, 0.25) is 0 Å². The van der Waals surface area contributed by atoms with E-state index in [0.29, 0.717) is 13.0 Å². The fraction of sp³-hybridized carbons (Fsp3) is 0.650. The van der Waals surface area contributed by atoms with Crippen LogP contribution in [0.3, 0.4) is 0 Å². The van der Waals surface area contributed by atoms with Gasteiger partial charge in [-0.25, -0.2) is 4.79 Å². The summed E-state index contributed by atoms with van der Waals surface area (Å²) in [4.78, 5) is 17.8. The molecule has 1 atom stereocenters. The Morgan fingerprint density at radius 3 is 2.69 bits per heavy atom. The Balaban J connectivity index is 1.51. The van der Waals surface area contributed by atoms with Crippen LogP contribution in [-0.4, -0.2) is 65.5 Å². The lowest BCUT2D eigenvalue weighted by Crippen LogP contribution is -2.47. The molecule has 0 spiro atoms. The first kappa shape index (κ1) is 19.5. The van der Waals surface area contributed by atoms with E-state index < -0.39 is 5.60 Å². The van der Waals surface area contributed by atoms with Gasteiger partial charge >= 0.3 is 6.03 Å². The Labute approximate surface area is 161 Å². The van der Waals surface area contributed by atoms with E-state index in [0.717, 1.165) is 58.4 Å². The fourth-order valence-electron chi connectivity index (χ4n) is 3.92. The van der Waals surface area contributed by atoms with Crippen molar-refractivity contribution in [1.29, 1.82) is 0 Å². The third-order valence-electron chi connectivity index (χ3n) is 5.56. The van der Waals surface area contributed by atoms with E-state index in [-0.39, 0.29) is 6.03 Å². The highest BCUT2D eigenvalue weighted by Crippen LogP contribution is 2.26. The number of aliphatic hydroxyl groups is 1. The molecule has 26 heavy (non-hydrogen) atoms. The molecule has 2 amide bonds. The lowest BCUT2D eigenvalue weighted by molar-refractivity contribution is 0.0268. The van der Waals surface area contributed by atoms with Crippen LogP contribution in [0.4, 0.5) is 4.79 Å². The van der Waals surface area contributed by atoms with Crippen molar-refractivity contribution in [2.75, 3.05) is 39.0 Å². The van der Waals surface area contributed by atoms with Crippen molar-refractivity contribution < 1.29 is 9.90 Å². The third-order valence-corrected chi connectivity index (χ3v) is 6.40. The zero-order valence-corrected chi connectivity index (χ0v) is 16.6. The standard InChI is InChI=1S/C20H31N3O2S/c1-26-18-8-3-2-7-17(18)15-22-11-6-9-20(25,10-14-22)16-21-19(24)23-12-4-5-13-23/h2-3,7-8,25H,4-6,9-16H2,1H3,(H,21,24). The van der Waals surface area contributed by atoms with E-state index >= 15 is 0 Å². The molecule has 2 N–H and O–H groups in total. The molecular formula is C20H31N3O2S. The number of nitrogens with zero attached hydrogens (tertiary/aromatic N) is 2. The Kier molecular flexibility index (Phi) is 6.84. The third kappa shape index (κ3) is 5.15. The summed E-state index contributed by atoms with van der Waals surface area (Å²) in [5.74, 6) is 0. The zero-order chi connectivity index (χ0) is 18.4. The van der Waals surface area contributed by atoms with E-state index in [9.17, 15) is 9.90 Å². The molecule has 2 fully saturated rings. The summed E-state index contributed by atoms with van der Waals surface area (Å²) in [6, 6.07) is 8.52. The average Bonchev–Trinajstić information content (AvgIpc) is 3.13. The SMILES string of the molecule is CSc1ccccc1CN1CCCC(O)(CNC(=O)N2CCCC2)CC1. The lowest BCUT2D eigenvalue weighted by Gasteiger charge is -2.28. The van der Waals surface area contributed by atoms with Gasteiger partial charge in [0.1, 0.15) is 0 Å². The summed E-state index contributed by atoms with van der Waals surface area (Å²) in [7, 11) is 0. The van der Waals surface area contributed by atoms with Crippen LogP contribution < -0.4 is 5.32 Å². The number of urea groups is 1. The Hall–Kier alpha value is -1.24. The fourth-order valence-corrected chi connectivity index (χ4v) is 4.53. The number of carbonyl (C=O) groups is 1. The average molecular weight is 378 g/mol. The highest BCUT2D eigenvalue weighted by Gasteiger charge is 2.31. The van der Waals surface area contributed by atoms with Gasteiger partial charge in [-0.3, -0.25) is 4.90 Å². The number of carbonyl (C=O) groups excluding carboxylic acids is 1. The summed E-state index contributed by atoms with van der Waals surface area (Å²) in [6.07, 6.45) is 6.69. The van der Waals surface area contributed by atoms with Gasteiger partial charge in [-0.05, 0) is 56.5 Å². The van der Waals surface area contributed by atoms with Crippen molar-refractivity contribution in [3.8, 4) is 0 Å². The van der Waals surface area contributed by atoms with Gasteiger partial charge in [-0.1, -0.05) is 18.2 Å².